The lowest BCUT2D eigenvalue weighted by Gasteiger charge is -2.35. The number of halogens is 1. The molecule has 4 heteroatoms. The summed E-state index contributed by atoms with van der Waals surface area (Å²) in [6, 6.07) is 8.06. The highest BCUT2D eigenvalue weighted by atomic mass is 35.5. The summed E-state index contributed by atoms with van der Waals surface area (Å²) in [5, 5.41) is 0.802. The fourth-order valence-electron chi connectivity index (χ4n) is 2.68. The highest BCUT2D eigenvalue weighted by molar-refractivity contribution is 6.30. The van der Waals surface area contributed by atoms with E-state index in [-0.39, 0.29) is 0 Å². The standard InChI is InChI=1S/C17H25ClN2O/c1-14(2)12-17(21)20-10-8-19(9-11-20)7-6-15-4-3-5-16(18)13-15/h3-5,13-14H,6-12H2,1-2H3. The van der Waals surface area contributed by atoms with Crippen LogP contribution in [0.4, 0.5) is 0 Å². The maximum atomic E-state index is 12.0. The molecule has 0 unspecified atom stereocenters. The molecule has 1 fully saturated rings. The predicted molar refractivity (Wildman–Crippen MR) is 87.6 cm³/mol. The highest BCUT2D eigenvalue weighted by Gasteiger charge is 2.21. The van der Waals surface area contributed by atoms with Gasteiger partial charge in [-0.1, -0.05) is 37.6 Å². The first-order chi connectivity index (χ1) is 10.0. The van der Waals surface area contributed by atoms with Gasteiger partial charge in [0.1, 0.15) is 0 Å². The number of hydrogen-bond donors (Lipinski definition) is 0. The molecule has 0 N–H and O–H groups in total. The Morgan fingerprint density at radius 2 is 1.95 bits per heavy atom. The summed E-state index contributed by atoms with van der Waals surface area (Å²) in [6.07, 6.45) is 1.68. The lowest BCUT2D eigenvalue weighted by molar-refractivity contribution is -0.133. The molecule has 0 atom stereocenters. The predicted octanol–water partition coefficient (Wildman–Crippen LogP) is 3.07. The summed E-state index contributed by atoms with van der Waals surface area (Å²) >= 11 is 6.00. The van der Waals surface area contributed by atoms with E-state index in [1.54, 1.807) is 0 Å². The molecule has 1 aliphatic heterocycles. The van der Waals surface area contributed by atoms with Gasteiger partial charge in [-0.3, -0.25) is 9.69 Å². The second-order valence-electron chi connectivity index (χ2n) is 6.20. The smallest absolute Gasteiger partial charge is 0.222 e. The molecule has 0 aliphatic carbocycles. The lowest BCUT2D eigenvalue weighted by atomic mass is 10.1. The molecule has 1 aliphatic rings. The van der Waals surface area contributed by atoms with Gasteiger partial charge in [-0.25, -0.2) is 0 Å². The van der Waals surface area contributed by atoms with Crippen LogP contribution in [-0.2, 0) is 11.2 Å². The first-order valence-corrected chi connectivity index (χ1v) is 8.17. The molecule has 0 spiro atoms. The summed E-state index contributed by atoms with van der Waals surface area (Å²) in [5.74, 6) is 0.748. The molecule has 3 nitrogen and oxygen atoms in total. The Hall–Kier alpha value is -1.06. The molecule has 1 aromatic carbocycles. The average Bonchev–Trinajstić information content (AvgIpc) is 2.45. The number of benzene rings is 1. The third-order valence-electron chi connectivity index (χ3n) is 3.91. The average molecular weight is 309 g/mol. The van der Waals surface area contributed by atoms with E-state index in [0.29, 0.717) is 18.2 Å². The zero-order valence-electron chi connectivity index (χ0n) is 13.0. The van der Waals surface area contributed by atoms with Gasteiger partial charge in [-0.05, 0) is 30.0 Å². The summed E-state index contributed by atoms with van der Waals surface area (Å²) in [7, 11) is 0. The number of rotatable bonds is 5. The van der Waals surface area contributed by atoms with Crippen molar-refractivity contribution in [3.8, 4) is 0 Å². The van der Waals surface area contributed by atoms with Crippen LogP contribution < -0.4 is 0 Å². The molecule has 1 saturated heterocycles. The number of hydrogen-bond acceptors (Lipinski definition) is 2. The summed E-state index contributed by atoms with van der Waals surface area (Å²) < 4.78 is 0. The van der Waals surface area contributed by atoms with Gasteiger partial charge < -0.3 is 4.90 Å². The minimum absolute atomic E-state index is 0.305. The van der Waals surface area contributed by atoms with Gasteiger partial charge in [0.2, 0.25) is 5.91 Å². The second kappa shape index (κ2) is 7.81. The maximum absolute atomic E-state index is 12.0. The van der Waals surface area contributed by atoms with Gasteiger partial charge in [0, 0.05) is 44.2 Å². The van der Waals surface area contributed by atoms with Crippen LogP contribution in [0.3, 0.4) is 0 Å². The molecule has 0 bridgehead atoms. The van der Waals surface area contributed by atoms with Crippen LogP contribution in [0, 0.1) is 5.92 Å². The van der Waals surface area contributed by atoms with E-state index < -0.39 is 0 Å². The van der Waals surface area contributed by atoms with Crippen molar-refractivity contribution in [2.24, 2.45) is 5.92 Å². The van der Waals surface area contributed by atoms with E-state index in [1.807, 2.05) is 23.1 Å². The number of carbonyl (C=O) groups is 1. The molecule has 1 heterocycles. The Labute approximate surface area is 132 Å². The van der Waals surface area contributed by atoms with Gasteiger partial charge in [-0.15, -0.1) is 0 Å². The summed E-state index contributed by atoms with van der Waals surface area (Å²) in [5.41, 5.74) is 1.28. The van der Waals surface area contributed by atoms with Crippen molar-refractivity contribution in [1.82, 2.24) is 9.80 Å². The van der Waals surface area contributed by atoms with Gasteiger partial charge in [0.05, 0.1) is 0 Å². The molecule has 2 rings (SSSR count). The van der Waals surface area contributed by atoms with Crippen LogP contribution >= 0.6 is 11.6 Å². The first-order valence-electron chi connectivity index (χ1n) is 7.79. The molecule has 21 heavy (non-hydrogen) atoms. The van der Waals surface area contributed by atoms with Gasteiger partial charge in [-0.2, -0.15) is 0 Å². The molecule has 0 aromatic heterocycles. The summed E-state index contributed by atoms with van der Waals surface area (Å²) in [4.78, 5) is 16.5. The quantitative estimate of drug-likeness (QED) is 0.834. The molecular weight excluding hydrogens is 284 g/mol. The van der Waals surface area contributed by atoms with E-state index >= 15 is 0 Å². The van der Waals surface area contributed by atoms with Crippen LogP contribution in [0.5, 0.6) is 0 Å². The summed E-state index contributed by atoms with van der Waals surface area (Å²) in [6.45, 7) is 8.90. The number of amides is 1. The SMILES string of the molecule is CC(C)CC(=O)N1CCN(CCc2cccc(Cl)c2)CC1. The molecule has 116 valence electrons. The highest BCUT2D eigenvalue weighted by Crippen LogP contribution is 2.13. The van der Waals surface area contributed by atoms with Crippen LogP contribution in [-0.4, -0.2) is 48.4 Å². The zero-order valence-corrected chi connectivity index (χ0v) is 13.8. The minimum Gasteiger partial charge on any atom is -0.340 e. The fourth-order valence-corrected chi connectivity index (χ4v) is 2.89. The zero-order chi connectivity index (χ0) is 15.2. The van der Waals surface area contributed by atoms with Crippen molar-refractivity contribution in [1.29, 1.82) is 0 Å². The van der Waals surface area contributed by atoms with Crippen LogP contribution in [0.2, 0.25) is 5.02 Å². The Morgan fingerprint density at radius 3 is 2.57 bits per heavy atom. The minimum atomic E-state index is 0.305. The number of nitrogens with zero attached hydrogens (tertiary/aromatic N) is 2. The third kappa shape index (κ3) is 5.33. The van der Waals surface area contributed by atoms with Crippen molar-refractivity contribution in [2.45, 2.75) is 26.7 Å². The Kier molecular flexibility index (Phi) is 6.07. The molecular formula is C17H25ClN2O. The Balaban J connectivity index is 1.73. The number of piperazine rings is 1. The monoisotopic (exact) mass is 308 g/mol. The molecule has 1 amide bonds. The van der Waals surface area contributed by atoms with E-state index in [9.17, 15) is 4.79 Å². The third-order valence-corrected chi connectivity index (χ3v) is 4.15. The van der Waals surface area contributed by atoms with Crippen LogP contribution in [0.25, 0.3) is 0 Å². The van der Waals surface area contributed by atoms with E-state index in [1.165, 1.54) is 5.56 Å². The van der Waals surface area contributed by atoms with E-state index in [0.717, 1.165) is 44.2 Å². The van der Waals surface area contributed by atoms with Gasteiger partial charge in [0.25, 0.3) is 0 Å². The number of carbonyl (C=O) groups excluding carboxylic acids is 1. The lowest BCUT2D eigenvalue weighted by Crippen LogP contribution is -2.49. The fraction of sp³-hybridized carbons (Fsp3) is 0.588. The van der Waals surface area contributed by atoms with E-state index in [2.05, 4.69) is 24.8 Å². The Morgan fingerprint density at radius 1 is 1.24 bits per heavy atom. The second-order valence-corrected chi connectivity index (χ2v) is 6.64. The molecule has 0 radical (unpaired) electrons. The maximum Gasteiger partial charge on any atom is 0.222 e. The van der Waals surface area contributed by atoms with Gasteiger partial charge in [0.15, 0.2) is 0 Å². The Bertz CT molecular complexity index is 468. The van der Waals surface area contributed by atoms with Gasteiger partial charge >= 0.3 is 0 Å². The first kappa shape index (κ1) is 16.3. The van der Waals surface area contributed by atoms with Crippen molar-refractivity contribution in [3.63, 3.8) is 0 Å². The largest absolute Gasteiger partial charge is 0.340 e. The van der Waals surface area contributed by atoms with Crippen molar-refractivity contribution in [3.05, 3.63) is 34.9 Å². The van der Waals surface area contributed by atoms with Crippen LogP contribution in [0.1, 0.15) is 25.8 Å². The van der Waals surface area contributed by atoms with Crippen molar-refractivity contribution in [2.75, 3.05) is 32.7 Å². The van der Waals surface area contributed by atoms with Crippen LogP contribution in [0.15, 0.2) is 24.3 Å². The molecule has 0 saturated carbocycles. The normalized spacial score (nSPS) is 16.5. The molecule has 1 aromatic rings. The van der Waals surface area contributed by atoms with E-state index in [4.69, 9.17) is 11.6 Å². The topological polar surface area (TPSA) is 23.6 Å². The van der Waals surface area contributed by atoms with Crippen molar-refractivity contribution >= 4 is 17.5 Å². The van der Waals surface area contributed by atoms with Crippen molar-refractivity contribution < 1.29 is 4.79 Å².